The lowest BCUT2D eigenvalue weighted by atomic mass is 9.88. The number of methoxy groups -OCH3 is 1. The van der Waals surface area contributed by atoms with Crippen LogP contribution in [0.4, 0.5) is 0 Å². The molecule has 1 saturated carbocycles. The van der Waals surface area contributed by atoms with Crippen LogP contribution < -0.4 is 5.32 Å². The third kappa shape index (κ3) is 1.86. The lowest BCUT2D eigenvalue weighted by Gasteiger charge is -2.25. The Morgan fingerprint density at radius 1 is 1.27 bits per heavy atom. The van der Waals surface area contributed by atoms with Gasteiger partial charge in [0.1, 0.15) is 0 Å². The molecular weight excluding hydrogens is 162 g/mol. The van der Waals surface area contributed by atoms with Gasteiger partial charge in [-0.1, -0.05) is 0 Å². The van der Waals surface area contributed by atoms with Gasteiger partial charge >= 0.3 is 0 Å². The summed E-state index contributed by atoms with van der Waals surface area (Å²) in [6, 6.07) is 0.767. The molecule has 0 aromatic rings. The predicted octanol–water partition coefficient (Wildman–Crippen LogP) is 1.20. The number of rotatable bonds is 1. The van der Waals surface area contributed by atoms with Crippen molar-refractivity contribution in [1.82, 2.24) is 5.32 Å². The lowest BCUT2D eigenvalue weighted by molar-refractivity contribution is 0.0576. The molecule has 0 radical (unpaired) electrons. The van der Waals surface area contributed by atoms with E-state index >= 15 is 0 Å². The highest BCUT2D eigenvalue weighted by atomic mass is 35.5. The molecule has 1 saturated heterocycles. The van der Waals surface area contributed by atoms with Gasteiger partial charge in [-0.2, -0.15) is 0 Å². The third-order valence-corrected chi connectivity index (χ3v) is 2.79. The Kier molecular flexibility index (Phi) is 3.16. The first kappa shape index (κ1) is 9.30. The van der Waals surface area contributed by atoms with Crippen LogP contribution >= 0.6 is 12.4 Å². The topological polar surface area (TPSA) is 21.3 Å². The fourth-order valence-corrected chi connectivity index (χ4v) is 2.24. The molecule has 1 N–H and O–H groups in total. The summed E-state index contributed by atoms with van der Waals surface area (Å²) in [5, 5.41) is 3.50. The fourth-order valence-electron chi connectivity index (χ4n) is 2.24. The fraction of sp³-hybridized carbons (Fsp3) is 1.00. The highest BCUT2D eigenvalue weighted by Gasteiger charge is 2.33. The molecule has 1 heterocycles. The molecule has 2 nitrogen and oxygen atoms in total. The van der Waals surface area contributed by atoms with E-state index in [1.807, 2.05) is 7.11 Å². The molecule has 0 amide bonds. The second-order valence-electron chi connectivity index (χ2n) is 3.54. The molecule has 0 unspecified atom stereocenters. The van der Waals surface area contributed by atoms with Crippen LogP contribution in [0, 0.1) is 5.92 Å². The van der Waals surface area contributed by atoms with Crippen LogP contribution in [0.25, 0.3) is 0 Å². The van der Waals surface area contributed by atoms with Crippen LogP contribution in [0.1, 0.15) is 19.3 Å². The average Bonchev–Trinajstić information content (AvgIpc) is 2.30. The Morgan fingerprint density at radius 3 is 2.73 bits per heavy atom. The Hall–Kier alpha value is 0.210. The molecule has 2 aliphatic rings. The van der Waals surface area contributed by atoms with Crippen molar-refractivity contribution < 1.29 is 4.74 Å². The first-order chi connectivity index (χ1) is 4.88. The Morgan fingerprint density at radius 2 is 2.09 bits per heavy atom. The van der Waals surface area contributed by atoms with Gasteiger partial charge in [-0.25, -0.2) is 0 Å². The average molecular weight is 178 g/mol. The van der Waals surface area contributed by atoms with E-state index in [0.717, 1.165) is 12.0 Å². The molecule has 11 heavy (non-hydrogen) atoms. The largest absolute Gasteiger partial charge is 0.381 e. The van der Waals surface area contributed by atoms with Crippen molar-refractivity contribution in [1.29, 1.82) is 0 Å². The van der Waals surface area contributed by atoms with Crippen molar-refractivity contribution in [2.24, 2.45) is 5.92 Å². The monoisotopic (exact) mass is 177 g/mol. The maximum absolute atomic E-state index is 5.33. The summed E-state index contributed by atoms with van der Waals surface area (Å²) < 4.78 is 5.33. The molecule has 2 bridgehead atoms. The molecule has 0 aromatic heterocycles. The molecular formula is C8H16ClNO. The summed E-state index contributed by atoms with van der Waals surface area (Å²) in [5.74, 6) is 0.906. The highest BCUT2D eigenvalue weighted by molar-refractivity contribution is 5.85. The van der Waals surface area contributed by atoms with E-state index in [-0.39, 0.29) is 12.4 Å². The van der Waals surface area contributed by atoms with E-state index in [2.05, 4.69) is 5.32 Å². The third-order valence-electron chi connectivity index (χ3n) is 2.79. The van der Waals surface area contributed by atoms with Crippen LogP contribution in [0.15, 0.2) is 0 Å². The second kappa shape index (κ2) is 3.74. The Balaban J connectivity index is 0.000000605. The summed E-state index contributed by atoms with van der Waals surface area (Å²) in [5.41, 5.74) is 0. The van der Waals surface area contributed by atoms with E-state index in [1.54, 1.807) is 0 Å². The van der Waals surface area contributed by atoms with Gasteiger partial charge < -0.3 is 10.1 Å². The van der Waals surface area contributed by atoms with Gasteiger partial charge in [-0.3, -0.25) is 0 Å². The molecule has 2 rings (SSSR count). The summed E-state index contributed by atoms with van der Waals surface area (Å²) in [7, 11) is 1.83. The summed E-state index contributed by atoms with van der Waals surface area (Å²) >= 11 is 0. The Bertz CT molecular complexity index is 119. The smallest absolute Gasteiger partial charge is 0.0589 e. The molecule has 0 aromatic carbocycles. The number of hydrogen-bond acceptors (Lipinski definition) is 2. The first-order valence-electron chi connectivity index (χ1n) is 4.14. The molecule has 1 aliphatic heterocycles. The van der Waals surface area contributed by atoms with Crippen LogP contribution in [0.2, 0.25) is 0 Å². The SMILES string of the molecule is CO[C@@H]1C[C@H]2CN[C@H](C2)C1.Cl. The Labute approximate surface area is 74.1 Å². The van der Waals surface area contributed by atoms with Crippen molar-refractivity contribution in [2.75, 3.05) is 13.7 Å². The van der Waals surface area contributed by atoms with Crippen molar-refractivity contribution >= 4 is 12.4 Å². The van der Waals surface area contributed by atoms with Gasteiger partial charge in [0, 0.05) is 13.2 Å². The number of fused-ring (bicyclic) bond motifs is 2. The first-order valence-corrected chi connectivity index (χ1v) is 4.14. The minimum atomic E-state index is 0. The predicted molar refractivity (Wildman–Crippen MR) is 47.2 cm³/mol. The maximum atomic E-state index is 5.33. The zero-order chi connectivity index (χ0) is 6.97. The standard InChI is InChI=1S/C8H15NO.ClH/c1-10-8-3-6-2-7(4-8)9-5-6;/h6-9H,2-5H2,1H3;1H/t6-,7+,8+;/m0./s1. The zero-order valence-electron chi connectivity index (χ0n) is 6.88. The lowest BCUT2D eigenvalue weighted by Crippen LogP contribution is -2.28. The van der Waals surface area contributed by atoms with Crippen LogP contribution in [-0.4, -0.2) is 25.8 Å². The van der Waals surface area contributed by atoms with E-state index < -0.39 is 0 Å². The van der Waals surface area contributed by atoms with Gasteiger partial charge in [0.05, 0.1) is 6.10 Å². The zero-order valence-corrected chi connectivity index (χ0v) is 7.69. The molecule has 3 atom stereocenters. The van der Waals surface area contributed by atoms with Crippen LogP contribution in [0.5, 0.6) is 0 Å². The second-order valence-corrected chi connectivity index (χ2v) is 3.54. The summed E-state index contributed by atoms with van der Waals surface area (Å²) in [6.45, 7) is 1.23. The maximum Gasteiger partial charge on any atom is 0.0589 e. The molecule has 2 fully saturated rings. The number of hydrogen-bond donors (Lipinski definition) is 1. The van der Waals surface area contributed by atoms with Crippen LogP contribution in [-0.2, 0) is 4.74 Å². The summed E-state index contributed by atoms with van der Waals surface area (Å²) in [4.78, 5) is 0. The van der Waals surface area contributed by atoms with Crippen molar-refractivity contribution in [3.63, 3.8) is 0 Å². The van der Waals surface area contributed by atoms with Gasteiger partial charge in [0.2, 0.25) is 0 Å². The molecule has 3 heteroatoms. The van der Waals surface area contributed by atoms with Gasteiger partial charge in [0.15, 0.2) is 0 Å². The summed E-state index contributed by atoms with van der Waals surface area (Å²) in [6.07, 6.45) is 4.44. The van der Waals surface area contributed by atoms with Crippen molar-refractivity contribution in [3.8, 4) is 0 Å². The highest BCUT2D eigenvalue weighted by Crippen LogP contribution is 2.30. The van der Waals surface area contributed by atoms with Crippen LogP contribution in [0.3, 0.4) is 0 Å². The van der Waals surface area contributed by atoms with Crippen molar-refractivity contribution in [3.05, 3.63) is 0 Å². The number of ether oxygens (including phenoxy) is 1. The van der Waals surface area contributed by atoms with E-state index in [9.17, 15) is 0 Å². The number of halogens is 1. The van der Waals surface area contributed by atoms with Gasteiger partial charge in [-0.15, -0.1) is 12.4 Å². The van der Waals surface area contributed by atoms with E-state index in [0.29, 0.717) is 6.10 Å². The number of nitrogens with one attached hydrogen (secondary N) is 1. The normalized spacial score (nSPS) is 41.7. The molecule has 66 valence electrons. The van der Waals surface area contributed by atoms with E-state index in [4.69, 9.17) is 4.74 Å². The van der Waals surface area contributed by atoms with E-state index in [1.165, 1.54) is 25.8 Å². The van der Waals surface area contributed by atoms with Gasteiger partial charge in [-0.05, 0) is 31.7 Å². The minimum Gasteiger partial charge on any atom is -0.381 e. The molecule has 1 aliphatic carbocycles. The van der Waals surface area contributed by atoms with Gasteiger partial charge in [0.25, 0.3) is 0 Å². The van der Waals surface area contributed by atoms with Crippen molar-refractivity contribution in [2.45, 2.75) is 31.4 Å². The quantitative estimate of drug-likeness (QED) is 0.650. The minimum absolute atomic E-state index is 0. The molecule has 0 spiro atoms.